The normalized spacial score (nSPS) is 23.2. The van der Waals surface area contributed by atoms with Crippen LogP contribution in [0.15, 0.2) is 55.0 Å². The van der Waals surface area contributed by atoms with Crippen molar-refractivity contribution >= 4 is 16.6 Å². The lowest BCUT2D eigenvalue weighted by atomic mass is 9.90. The van der Waals surface area contributed by atoms with E-state index in [2.05, 4.69) is 60.4 Å². The van der Waals surface area contributed by atoms with Crippen molar-refractivity contribution in [3.63, 3.8) is 0 Å². The van der Waals surface area contributed by atoms with Crippen LogP contribution in [0.25, 0.3) is 10.9 Å². The summed E-state index contributed by atoms with van der Waals surface area (Å²) in [5.41, 5.74) is 6.37. The first kappa shape index (κ1) is 19.8. The maximum absolute atomic E-state index is 4.84. The van der Waals surface area contributed by atoms with E-state index in [1.54, 1.807) is 0 Å². The highest BCUT2D eigenvalue weighted by atomic mass is 15.3. The predicted octanol–water partition coefficient (Wildman–Crippen LogP) is 4.87. The van der Waals surface area contributed by atoms with Crippen molar-refractivity contribution in [2.75, 3.05) is 18.4 Å². The highest BCUT2D eigenvalue weighted by Gasteiger charge is 2.25. The number of fused-ring (bicyclic) bond motifs is 1. The van der Waals surface area contributed by atoms with Crippen LogP contribution in [0.3, 0.4) is 0 Å². The van der Waals surface area contributed by atoms with Crippen LogP contribution < -0.4 is 10.6 Å². The fourth-order valence-electron chi connectivity index (χ4n) is 4.67. The Morgan fingerprint density at radius 2 is 2.10 bits per heavy atom. The highest BCUT2D eigenvalue weighted by molar-refractivity contribution is 5.86. The zero-order valence-electron chi connectivity index (χ0n) is 17.8. The first-order valence-electron chi connectivity index (χ1n) is 10.7. The van der Waals surface area contributed by atoms with Crippen LogP contribution >= 0.6 is 0 Å². The van der Waals surface area contributed by atoms with Crippen LogP contribution in [0.5, 0.6) is 0 Å². The van der Waals surface area contributed by atoms with Gasteiger partial charge in [0.25, 0.3) is 0 Å². The summed E-state index contributed by atoms with van der Waals surface area (Å²) >= 11 is 0. The summed E-state index contributed by atoms with van der Waals surface area (Å²) in [7, 11) is 2.01. The SMILES string of the molecule is C=C1CCC(c2nn(C)c3cc(NC(=C)CN4CCCCC4C)ccc23)C(=C)N1. The average Bonchev–Trinajstić information content (AvgIpc) is 3.00. The fourth-order valence-corrected chi connectivity index (χ4v) is 4.67. The number of aromatic nitrogens is 2. The molecule has 2 aromatic rings. The minimum atomic E-state index is 0.221. The molecule has 2 N–H and O–H groups in total. The molecule has 4 rings (SSSR count). The molecule has 0 aliphatic carbocycles. The van der Waals surface area contributed by atoms with Crippen molar-refractivity contribution in [2.24, 2.45) is 7.05 Å². The second-order valence-corrected chi connectivity index (χ2v) is 8.63. The van der Waals surface area contributed by atoms with Crippen molar-refractivity contribution in [1.82, 2.24) is 20.0 Å². The molecule has 2 saturated heterocycles. The maximum Gasteiger partial charge on any atom is 0.0792 e. The lowest BCUT2D eigenvalue weighted by Crippen LogP contribution is -2.39. The van der Waals surface area contributed by atoms with E-state index in [1.165, 1.54) is 24.6 Å². The number of aryl methyl sites for hydroxylation is 1. The number of likely N-dealkylation sites (tertiary alicyclic amines) is 1. The van der Waals surface area contributed by atoms with Crippen LogP contribution in [0, 0.1) is 0 Å². The molecule has 3 heterocycles. The molecule has 0 amide bonds. The lowest BCUT2D eigenvalue weighted by Gasteiger charge is -2.33. The molecule has 2 aliphatic rings. The number of nitrogens with zero attached hydrogens (tertiary/aromatic N) is 3. The maximum atomic E-state index is 4.84. The Balaban J connectivity index is 1.51. The van der Waals surface area contributed by atoms with Crippen LogP contribution in [0.1, 0.15) is 50.6 Å². The van der Waals surface area contributed by atoms with Crippen LogP contribution in [-0.2, 0) is 7.05 Å². The van der Waals surface area contributed by atoms with Crippen LogP contribution in [0.4, 0.5) is 5.69 Å². The van der Waals surface area contributed by atoms with Gasteiger partial charge in [-0.3, -0.25) is 9.58 Å². The molecule has 1 aromatic heterocycles. The molecule has 5 heteroatoms. The van der Waals surface area contributed by atoms with Crippen molar-refractivity contribution in [1.29, 1.82) is 0 Å². The average molecular weight is 392 g/mol. The topological polar surface area (TPSA) is 45.1 Å². The van der Waals surface area contributed by atoms with Crippen molar-refractivity contribution in [3.8, 4) is 0 Å². The summed E-state index contributed by atoms with van der Waals surface area (Å²) in [5.74, 6) is 0.221. The van der Waals surface area contributed by atoms with E-state index in [0.29, 0.717) is 6.04 Å². The summed E-state index contributed by atoms with van der Waals surface area (Å²) in [4.78, 5) is 2.52. The summed E-state index contributed by atoms with van der Waals surface area (Å²) in [6.45, 7) is 16.9. The van der Waals surface area contributed by atoms with Gasteiger partial charge >= 0.3 is 0 Å². The molecule has 2 unspecified atom stereocenters. The summed E-state index contributed by atoms with van der Waals surface area (Å²) < 4.78 is 1.97. The molecule has 154 valence electrons. The van der Waals surface area contributed by atoms with Gasteiger partial charge in [-0.2, -0.15) is 5.10 Å². The van der Waals surface area contributed by atoms with E-state index in [4.69, 9.17) is 5.10 Å². The Labute approximate surface area is 174 Å². The Bertz CT molecular complexity index is 954. The molecule has 5 nitrogen and oxygen atoms in total. The minimum absolute atomic E-state index is 0.221. The molecule has 2 aliphatic heterocycles. The third-order valence-corrected chi connectivity index (χ3v) is 6.36. The second kappa shape index (κ2) is 8.07. The van der Waals surface area contributed by atoms with Gasteiger partial charge in [0.05, 0.1) is 11.2 Å². The summed E-state index contributed by atoms with van der Waals surface area (Å²) in [5, 5.41) is 12.9. The second-order valence-electron chi connectivity index (χ2n) is 8.63. The van der Waals surface area contributed by atoms with Crippen LogP contribution in [-0.4, -0.2) is 33.8 Å². The third kappa shape index (κ3) is 4.10. The molecule has 2 fully saturated rings. The summed E-state index contributed by atoms with van der Waals surface area (Å²) in [6, 6.07) is 7.12. The van der Waals surface area contributed by atoms with Gasteiger partial charge in [-0.25, -0.2) is 0 Å². The van der Waals surface area contributed by atoms with Crippen molar-refractivity contribution in [2.45, 2.75) is 51.0 Å². The Morgan fingerprint density at radius 1 is 1.28 bits per heavy atom. The zero-order valence-corrected chi connectivity index (χ0v) is 17.8. The van der Waals surface area contributed by atoms with E-state index in [9.17, 15) is 0 Å². The Morgan fingerprint density at radius 3 is 2.86 bits per heavy atom. The van der Waals surface area contributed by atoms with E-state index >= 15 is 0 Å². The van der Waals surface area contributed by atoms with Gasteiger partial charge in [-0.05, 0) is 57.4 Å². The number of rotatable bonds is 5. The van der Waals surface area contributed by atoms with Gasteiger partial charge in [0.1, 0.15) is 0 Å². The number of anilines is 1. The molecular weight excluding hydrogens is 358 g/mol. The number of allylic oxidation sites excluding steroid dienone is 2. The quantitative estimate of drug-likeness (QED) is 0.763. The largest absolute Gasteiger partial charge is 0.363 e. The van der Waals surface area contributed by atoms with E-state index in [1.807, 2.05) is 11.7 Å². The molecule has 1 aromatic carbocycles. The highest BCUT2D eigenvalue weighted by Crippen LogP contribution is 2.36. The fraction of sp³-hybridized carbons (Fsp3) is 0.458. The van der Waals surface area contributed by atoms with Gasteiger partial charge in [0.2, 0.25) is 0 Å². The molecule has 2 atom stereocenters. The smallest absolute Gasteiger partial charge is 0.0792 e. The molecule has 0 bridgehead atoms. The Kier molecular flexibility index (Phi) is 5.50. The van der Waals surface area contributed by atoms with E-state index < -0.39 is 0 Å². The Hall–Kier alpha value is -2.53. The van der Waals surface area contributed by atoms with Gasteiger partial charge in [-0.15, -0.1) is 0 Å². The first-order valence-corrected chi connectivity index (χ1v) is 10.7. The first-order chi connectivity index (χ1) is 13.9. The zero-order chi connectivity index (χ0) is 20.5. The lowest BCUT2D eigenvalue weighted by molar-refractivity contribution is 0.175. The van der Waals surface area contributed by atoms with Gasteiger partial charge in [0, 0.05) is 53.7 Å². The van der Waals surface area contributed by atoms with Crippen LogP contribution in [0.2, 0.25) is 0 Å². The number of hydrogen-bond donors (Lipinski definition) is 2. The number of nitrogens with one attached hydrogen (secondary N) is 2. The monoisotopic (exact) mass is 391 g/mol. The number of hydrogen-bond acceptors (Lipinski definition) is 4. The standard InChI is InChI=1S/C24H33N5/c1-16-9-11-21(19(4)25-16)24-22-12-10-20(14-23(22)28(5)27-24)26-17(2)15-29-13-7-6-8-18(29)3/h10,12,14,18,21,25-26H,1-2,4,6-9,11,13,15H2,3,5H3. The molecular formula is C24H33N5. The minimum Gasteiger partial charge on any atom is -0.363 e. The number of benzene rings is 1. The van der Waals surface area contributed by atoms with Gasteiger partial charge in [-0.1, -0.05) is 26.2 Å². The van der Waals surface area contributed by atoms with E-state index in [0.717, 1.165) is 59.9 Å². The third-order valence-electron chi connectivity index (χ3n) is 6.36. The van der Waals surface area contributed by atoms with Gasteiger partial charge < -0.3 is 10.6 Å². The molecule has 0 saturated carbocycles. The molecule has 0 radical (unpaired) electrons. The van der Waals surface area contributed by atoms with Crippen molar-refractivity contribution in [3.05, 3.63) is 60.7 Å². The van der Waals surface area contributed by atoms with Crippen molar-refractivity contribution < 1.29 is 0 Å². The molecule has 0 spiro atoms. The van der Waals surface area contributed by atoms with Gasteiger partial charge in [0.15, 0.2) is 0 Å². The molecule has 29 heavy (non-hydrogen) atoms. The predicted molar refractivity (Wildman–Crippen MR) is 122 cm³/mol. The number of piperidine rings is 2. The van der Waals surface area contributed by atoms with E-state index in [-0.39, 0.29) is 5.92 Å². The summed E-state index contributed by atoms with van der Waals surface area (Å²) in [6.07, 6.45) is 5.87.